The summed E-state index contributed by atoms with van der Waals surface area (Å²) in [6, 6.07) is 13.7. The highest BCUT2D eigenvalue weighted by Crippen LogP contribution is 2.26. The highest BCUT2D eigenvalue weighted by Gasteiger charge is 2.19. The van der Waals surface area contributed by atoms with Crippen molar-refractivity contribution in [2.75, 3.05) is 4.72 Å². The number of aryl methyl sites for hydroxylation is 1. The molecule has 3 aromatic rings. The number of halogens is 2. The van der Waals surface area contributed by atoms with Gasteiger partial charge in [-0.15, -0.1) is 0 Å². The first-order valence-corrected chi connectivity index (χ1v) is 10.5. The van der Waals surface area contributed by atoms with Gasteiger partial charge >= 0.3 is 0 Å². The zero-order valence-electron chi connectivity index (χ0n) is 14.2. The Kier molecular flexibility index (Phi) is 5.98. The molecular formula is C18H15BrClN3O3S. The summed E-state index contributed by atoms with van der Waals surface area (Å²) < 4.78 is 33.7. The van der Waals surface area contributed by atoms with Gasteiger partial charge < -0.3 is 4.74 Å². The molecule has 0 aliphatic heterocycles. The van der Waals surface area contributed by atoms with Crippen molar-refractivity contribution in [1.29, 1.82) is 0 Å². The highest BCUT2D eigenvalue weighted by molar-refractivity contribution is 9.10. The molecule has 0 unspecified atom stereocenters. The molecule has 140 valence electrons. The third-order valence-electron chi connectivity index (χ3n) is 3.60. The first-order chi connectivity index (χ1) is 12.8. The summed E-state index contributed by atoms with van der Waals surface area (Å²) in [5.74, 6) is 0.0332. The Bertz CT molecular complexity index is 1060. The SMILES string of the molecule is Cc1ccc(S(=O)(=O)Nc2ncc(Br)nc2OCc2ccccc2Cl)cc1. The third-order valence-corrected chi connectivity index (χ3v) is 5.70. The van der Waals surface area contributed by atoms with Crippen LogP contribution in [0.5, 0.6) is 5.88 Å². The molecule has 0 fully saturated rings. The third kappa shape index (κ3) is 4.97. The number of sulfonamides is 1. The van der Waals surface area contributed by atoms with Crippen molar-refractivity contribution in [1.82, 2.24) is 9.97 Å². The molecule has 9 heteroatoms. The fourth-order valence-electron chi connectivity index (χ4n) is 2.19. The van der Waals surface area contributed by atoms with E-state index < -0.39 is 10.0 Å². The topological polar surface area (TPSA) is 81.2 Å². The molecule has 6 nitrogen and oxygen atoms in total. The van der Waals surface area contributed by atoms with Gasteiger partial charge in [0.2, 0.25) is 5.82 Å². The largest absolute Gasteiger partial charge is 0.470 e. The summed E-state index contributed by atoms with van der Waals surface area (Å²) >= 11 is 9.34. The van der Waals surface area contributed by atoms with Gasteiger partial charge in [0.05, 0.1) is 11.1 Å². The molecule has 0 saturated heterocycles. The van der Waals surface area contributed by atoms with Gasteiger partial charge in [0.15, 0.2) is 0 Å². The zero-order valence-corrected chi connectivity index (χ0v) is 17.3. The quantitative estimate of drug-likeness (QED) is 0.573. The van der Waals surface area contributed by atoms with E-state index in [4.69, 9.17) is 16.3 Å². The molecule has 0 atom stereocenters. The van der Waals surface area contributed by atoms with Crippen molar-refractivity contribution in [3.8, 4) is 5.88 Å². The fraction of sp³-hybridized carbons (Fsp3) is 0.111. The van der Waals surface area contributed by atoms with Crippen molar-refractivity contribution < 1.29 is 13.2 Å². The molecule has 0 spiro atoms. The van der Waals surface area contributed by atoms with E-state index >= 15 is 0 Å². The molecule has 0 bridgehead atoms. The number of hydrogen-bond donors (Lipinski definition) is 1. The fourth-order valence-corrected chi connectivity index (χ4v) is 3.65. The Morgan fingerprint density at radius 1 is 1.15 bits per heavy atom. The van der Waals surface area contributed by atoms with E-state index in [1.54, 1.807) is 18.2 Å². The maximum atomic E-state index is 12.6. The molecule has 3 rings (SSSR count). The van der Waals surface area contributed by atoms with Crippen LogP contribution in [0.4, 0.5) is 5.82 Å². The van der Waals surface area contributed by atoms with Crippen LogP contribution in [0.3, 0.4) is 0 Å². The predicted octanol–water partition coefficient (Wildman–Crippen LogP) is 4.58. The molecule has 0 radical (unpaired) electrons. The first kappa shape index (κ1) is 19.6. The van der Waals surface area contributed by atoms with E-state index in [1.807, 2.05) is 25.1 Å². The van der Waals surface area contributed by atoms with E-state index in [-0.39, 0.29) is 23.2 Å². The van der Waals surface area contributed by atoms with Gasteiger partial charge in [-0.05, 0) is 41.1 Å². The van der Waals surface area contributed by atoms with Crippen molar-refractivity contribution >= 4 is 43.4 Å². The van der Waals surface area contributed by atoms with Gasteiger partial charge in [0, 0.05) is 10.6 Å². The molecule has 2 aromatic carbocycles. The average molecular weight is 469 g/mol. The average Bonchev–Trinajstić information content (AvgIpc) is 2.63. The maximum Gasteiger partial charge on any atom is 0.263 e. The van der Waals surface area contributed by atoms with Crippen LogP contribution in [-0.4, -0.2) is 18.4 Å². The highest BCUT2D eigenvalue weighted by atomic mass is 79.9. The number of benzene rings is 2. The number of ether oxygens (including phenoxy) is 1. The van der Waals surface area contributed by atoms with Crippen LogP contribution in [0.25, 0.3) is 0 Å². The lowest BCUT2D eigenvalue weighted by atomic mass is 10.2. The second-order valence-electron chi connectivity index (χ2n) is 5.65. The minimum Gasteiger partial charge on any atom is -0.470 e. The van der Waals surface area contributed by atoms with E-state index in [2.05, 4.69) is 30.6 Å². The molecular weight excluding hydrogens is 454 g/mol. The molecule has 0 amide bonds. The molecule has 0 saturated carbocycles. The van der Waals surface area contributed by atoms with Gasteiger partial charge in [-0.1, -0.05) is 47.5 Å². The molecule has 1 aromatic heterocycles. The zero-order chi connectivity index (χ0) is 19.4. The van der Waals surface area contributed by atoms with Crippen LogP contribution < -0.4 is 9.46 Å². The number of rotatable bonds is 6. The van der Waals surface area contributed by atoms with Crippen LogP contribution in [0.15, 0.2) is 64.2 Å². The first-order valence-electron chi connectivity index (χ1n) is 7.83. The van der Waals surface area contributed by atoms with Crippen LogP contribution in [0, 0.1) is 6.92 Å². The second kappa shape index (κ2) is 8.24. The van der Waals surface area contributed by atoms with Crippen molar-refractivity contribution in [2.24, 2.45) is 0 Å². The van der Waals surface area contributed by atoms with Crippen LogP contribution in [0.2, 0.25) is 5.02 Å². The van der Waals surface area contributed by atoms with E-state index in [1.165, 1.54) is 18.3 Å². The number of aromatic nitrogens is 2. The summed E-state index contributed by atoms with van der Waals surface area (Å²) in [4.78, 5) is 8.38. The summed E-state index contributed by atoms with van der Waals surface area (Å²) in [6.45, 7) is 1.99. The van der Waals surface area contributed by atoms with Gasteiger partial charge in [0.1, 0.15) is 11.2 Å². The monoisotopic (exact) mass is 467 g/mol. The van der Waals surface area contributed by atoms with Crippen molar-refractivity contribution in [3.05, 3.63) is 75.5 Å². The van der Waals surface area contributed by atoms with E-state index in [0.717, 1.165) is 11.1 Å². The maximum absolute atomic E-state index is 12.6. The smallest absolute Gasteiger partial charge is 0.263 e. The predicted molar refractivity (Wildman–Crippen MR) is 108 cm³/mol. The summed E-state index contributed by atoms with van der Waals surface area (Å²) in [7, 11) is -3.83. The van der Waals surface area contributed by atoms with E-state index in [9.17, 15) is 8.42 Å². The normalized spacial score (nSPS) is 11.2. The van der Waals surface area contributed by atoms with Gasteiger partial charge in [-0.2, -0.15) is 0 Å². The Balaban J connectivity index is 1.85. The van der Waals surface area contributed by atoms with Crippen LogP contribution in [0.1, 0.15) is 11.1 Å². The Labute approximate surface area is 170 Å². The number of nitrogens with zero attached hydrogens (tertiary/aromatic N) is 2. The molecule has 0 aliphatic carbocycles. The summed E-state index contributed by atoms with van der Waals surface area (Å²) in [5.41, 5.74) is 1.70. The lowest BCUT2D eigenvalue weighted by molar-refractivity contribution is 0.294. The van der Waals surface area contributed by atoms with Crippen molar-refractivity contribution in [3.63, 3.8) is 0 Å². The number of hydrogen-bond acceptors (Lipinski definition) is 5. The van der Waals surface area contributed by atoms with Gasteiger partial charge in [-0.3, -0.25) is 4.72 Å². The Morgan fingerprint density at radius 2 is 1.85 bits per heavy atom. The lowest BCUT2D eigenvalue weighted by Crippen LogP contribution is -2.15. The number of anilines is 1. The molecule has 0 aliphatic rings. The molecule has 1 heterocycles. The molecule has 1 N–H and O–H groups in total. The minimum atomic E-state index is -3.83. The Morgan fingerprint density at radius 3 is 2.56 bits per heavy atom. The van der Waals surface area contributed by atoms with Crippen molar-refractivity contribution in [2.45, 2.75) is 18.4 Å². The minimum absolute atomic E-state index is 0.00849. The van der Waals surface area contributed by atoms with E-state index in [0.29, 0.717) is 9.63 Å². The number of nitrogens with one attached hydrogen (secondary N) is 1. The Hall–Kier alpha value is -2.16. The van der Waals surface area contributed by atoms with Gasteiger partial charge in [0.25, 0.3) is 15.9 Å². The lowest BCUT2D eigenvalue weighted by Gasteiger charge is -2.13. The standard InChI is InChI=1S/C18H15BrClN3O3S/c1-12-6-8-14(9-7-12)27(24,25)23-17-18(22-16(19)10-21-17)26-11-13-4-2-3-5-15(13)20/h2-10H,11H2,1H3,(H,21,23). The van der Waals surface area contributed by atoms with Crippen LogP contribution >= 0.6 is 27.5 Å². The summed E-state index contributed by atoms with van der Waals surface area (Å²) in [6.07, 6.45) is 1.38. The second-order valence-corrected chi connectivity index (χ2v) is 8.55. The van der Waals surface area contributed by atoms with Crippen LogP contribution in [-0.2, 0) is 16.6 Å². The summed E-state index contributed by atoms with van der Waals surface area (Å²) in [5, 5.41) is 0.544. The molecule has 27 heavy (non-hydrogen) atoms. The van der Waals surface area contributed by atoms with Gasteiger partial charge in [-0.25, -0.2) is 18.4 Å².